The van der Waals surface area contributed by atoms with E-state index in [1.807, 2.05) is 0 Å². The minimum absolute atomic E-state index is 0.0324. The molecule has 0 spiro atoms. The van der Waals surface area contributed by atoms with Crippen LogP contribution in [0.2, 0.25) is 0 Å². The maximum atomic E-state index is 10.6. The van der Waals surface area contributed by atoms with E-state index in [9.17, 15) is 4.79 Å². The standard InChI is InChI=1S/C6H12N2O/c1-4-5-6(9)7-8(2)3/h4H,1,5H2,2-3H3,(H,7,9). The molecule has 0 fully saturated rings. The fraction of sp³-hybridized carbons (Fsp3) is 0.500. The summed E-state index contributed by atoms with van der Waals surface area (Å²) in [7, 11) is 3.53. The van der Waals surface area contributed by atoms with Gasteiger partial charge >= 0.3 is 0 Å². The van der Waals surface area contributed by atoms with Gasteiger partial charge in [0.2, 0.25) is 5.91 Å². The highest BCUT2D eigenvalue weighted by molar-refractivity contribution is 5.76. The van der Waals surface area contributed by atoms with Gasteiger partial charge in [-0.1, -0.05) is 6.08 Å². The Bertz CT molecular complexity index is 110. The van der Waals surface area contributed by atoms with Crippen LogP contribution in [0.4, 0.5) is 0 Å². The van der Waals surface area contributed by atoms with E-state index in [4.69, 9.17) is 0 Å². The van der Waals surface area contributed by atoms with Crippen molar-refractivity contribution in [3.8, 4) is 0 Å². The van der Waals surface area contributed by atoms with Crippen LogP contribution >= 0.6 is 0 Å². The molecule has 0 saturated carbocycles. The quantitative estimate of drug-likeness (QED) is 0.433. The third-order valence-corrected chi connectivity index (χ3v) is 0.678. The average molecular weight is 128 g/mol. The number of carbonyl (C=O) groups excluding carboxylic acids is 1. The van der Waals surface area contributed by atoms with Crippen molar-refractivity contribution < 1.29 is 4.79 Å². The molecule has 0 rings (SSSR count). The van der Waals surface area contributed by atoms with Crippen LogP contribution in [-0.2, 0) is 4.79 Å². The Kier molecular flexibility index (Phi) is 3.71. The Hall–Kier alpha value is -0.830. The minimum Gasteiger partial charge on any atom is -0.289 e. The van der Waals surface area contributed by atoms with Crippen LogP contribution in [0, 0.1) is 0 Å². The molecule has 9 heavy (non-hydrogen) atoms. The van der Waals surface area contributed by atoms with Crippen molar-refractivity contribution in [2.24, 2.45) is 0 Å². The van der Waals surface area contributed by atoms with Gasteiger partial charge in [-0.2, -0.15) is 0 Å². The number of hydrogen-bond donors (Lipinski definition) is 1. The smallest absolute Gasteiger partial charge is 0.238 e. The summed E-state index contributed by atoms with van der Waals surface area (Å²) < 4.78 is 0. The van der Waals surface area contributed by atoms with E-state index in [1.165, 1.54) is 0 Å². The number of carbonyl (C=O) groups is 1. The topological polar surface area (TPSA) is 32.3 Å². The summed E-state index contributed by atoms with van der Waals surface area (Å²) in [5, 5.41) is 1.60. The van der Waals surface area contributed by atoms with Crippen LogP contribution in [0.15, 0.2) is 12.7 Å². The highest BCUT2D eigenvalue weighted by atomic mass is 16.2. The lowest BCUT2D eigenvalue weighted by molar-refractivity contribution is -0.123. The van der Waals surface area contributed by atoms with Crippen molar-refractivity contribution in [2.75, 3.05) is 14.1 Å². The van der Waals surface area contributed by atoms with E-state index in [1.54, 1.807) is 25.2 Å². The fourth-order valence-electron chi connectivity index (χ4n) is 0.426. The molecule has 3 heteroatoms. The molecule has 0 saturated heterocycles. The number of nitrogens with one attached hydrogen (secondary N) is 1. The summed E-state index contributed by atoms with van der Waals surface area (Å²) in [4.78, 5) is 10.6. The molecular weight excluding hydrogens is 116 g/mol. The van der Waals surface area contributed by atoms with Crippen molar-refractivity contribution in [1.82, 2.24) is 10.4 Å². The molecule has 0 aromatic heterocycles. The number of amides is 1. The van der Waals surface area contributed by atoms with Crippen molar-refractivity contribution in [3.05, 3.63) is 12.7 Å². The molecule has 0 aliphatic heterocycles. The summed E-state index contributed by atoms with van der Waals surface area (Å²) in [5.74, 6) is -0.0324. The normalized spacial score (nSPS) is 9.22. The van der Waals surface area contributed by atoms with Crippen molar-refractivity contribution >= 4 is 5.91 Å². The second-order valence-corrected chi connectivity index (χ2v) is 1.92. The van der Waals surface area contributed by atoms with Gasteiger partial charge in [-0.25, -0.2) is 5.01 Å². The van der Waals surface area contributed by atoms with Gasteiger partial charge in [0, 0.05) is 20.5 Å². The van der Waals surface area contributed by atoms with Gasteiger partial charge < -0.3 is 0 Å². The largest absolute Gasteiger partial charge is 0.289 e. The van der Waals surface area contributed by atoms with Crippen LogP contribution in [-0.4, -0.2) is 25.0 Å². The second kappa shape index (κ2) is 4.09. The van der Waals surface area contributed by atoms with Crippen LogP contribution in [0.25, 0.3) is 0 Å². The molecule has 0 atom stereocenters. The van der Waals surface area contributed by atoms with E-state index in [-0.39, 0.29) is 5.91 Å². The van der Waals surface area contributed by atoms with Crippen molar-refractivity contribution in [3.63, 3.8) is 0 Å². The van der Waals surface area contributed by atoms with Gasteiger partial charge in [-0.05, 0) is 0 Å². The molecule has 0 bridgehead atoms. The molecule has 0 aromatic rings. The predicted octanol–water partition coefficient (Wildman–Crippen LogP) is 0.155. The molecule has 0 aromatic carbocycles. The van der Waals surface area contributed by atoms with E-state index < -0.39 is 0 Å². The first-order valence-electron chi connectivity index (χ1n) is 2.74. The lowest BCUT2D eigenvalue weighted by Gasteiger charge is -2.09. The zero-order chi connectivity index (χ0) is 7.28. The molecule has 0 aliphatic carbocycles. The summed E-state index contributed by atoms with van der Waals surface area (Å²) >= 11 is 0. The van der Waals surface area contributed by atoms with Gasteiger partial charge in [-0.15, -0.1) is 6.58 Å². The van der Waals surface area contributed by atoms with Crippen LogP contribution in [0.3, 0.4) is 0 Å². The van der Waals surface area contributed by atoms with Gasteiger partial charge in [0.15, 0.2) is 0 Å². The Morgan fingerprint density at radius 3 is 2.67 bits per heavy atom. The summed E-state index contributed by atoms with van der Waals surface area (Å²) in [5.41, 5.74) is 2.57. The minimum atomic E-state index is -0.0324. The molecule has 52 valence electrons. The second-order valence-electron chi connectivity index (χ2n) is 1.92. The Labute approximate surface area is 55.3 Å². The molecule has 0 heterocycles. The third-order valence-electron chi connectivity index (χ3n) is 0.678. The molecule has 0 radical (unpaired) electrons. The number of nitrogens with zero attached hydrogens (tertiary/aromatic N) is 1. The Morgan fingerprint density at radius 2 is 2.33 bits per heavy atom. The summed E-state index contributed by atoms with van der Waals surface area (Å²) in [6.07, 6.45) is 1.94. The summed E-state index contributed by atoms with van der Waals surface area (Å²) in [6, 6.07) is 0. The highest BCUT2D eigenvalue weighted by Crippen LogP contribution is 1.78. The highest BCUT2D eigenvalue weighted by Gasteiger charge is 1.95. The van der Waals surface area contributed by atoms with Crippen LogP contribution in [0.1, 0.15) is 6.42 Å². The lowest BCUT2D eigenvalue weighted by Crippen LogP contribution is -2.35. The van der Waals surface area contributed by atoms with Crippen LogP contribution in [0.5, 0.6) is 0 Å². The first-order valence-corrected chi connectivity index (χ1v) is 2.74. The predicted molar refractivity (Wildman–Crippen MR) is 36.6 cm³/mol. The average Bonchev–Trinajstić information content (AvgIpc) is 1.63. The van der Waals surface area contributed by atoms with Crippen molar-refractivity contribution in [1.29, 1.82) is 0 Å². The Morgan fingerprint density at radius 1 is 1.78 bits per heavy atom. The summed E-state index contributed by atoms with van der Waals surface area (Å²) in [6.45, 7) is 3.43. The molecular formula is C6H12N2O. The lowest BCUT2D eigenvalue weighted by atomic mass is 10.4. The zero-order valence-electron chi connectivity index (χ0n) is 5.85. The van der Waals surface area contributed by atoms with E-state index in [0.717, 1.165) is 0 Å². The SMILES string of the molecule is C=CCC(=O)NN(C)C. The fourth-order valence-corrected chi connectivity index (χ4v) is 0.426. The van der Waals surface area contributed by atoms with E-state index >= 15 is 0 Å². The molecule has 3 nitrogen and oxygen atoms in total. The number of hydrogen-bond acceptors (Lipinski definition) is 2. The molecule has 1 N–H and O–H groups in total. The van der Waals surface area contributed by atoms with Gasteiger partial charge in [-0.3, -0.25) is 10.2 Å². The number of rotatable bonds is 3. The molecule has 1 amide bonds. The van der Waals surface area contributed by atoms with Crippen LogP contribution < -0.4 is 5.43 Å². The number of hydrazine groups is 1. The monoisotopic (exact) mass is 128 g/mol. The Balaban J connectivity index is 3.38. The molecule has 0 aliphatic rings. The van der Waals surface area contributed by atoms with Crippen molar-refractivity contribution in [2.45, 2.75) is 6.42 Å². The van der Waals surface area contributed by atoms with E-state index in [0.29, 0.717) is 6.42 Å². The first kappa shape index (κ1) is 8.17. The maximum Gasteiger partial charge on any atom is 0.238 e. The van der Waals surface area contributed by atoms with Gasteiger partial charge in [0.25, 0.3) is 0 Å². The van der Waals surface area contributed by atoms with E-state index in [2.05, 4.69) is 12.0 Å². The first-order chi connectivity index (χ1) is 4.16. The molecule has 0 unspecified atom stereocenters. The van der Waals surface area contributed by atoms with Gasteiger partial charge in [0.05, 0.1) is 0 Å². The zero-order valence-corrected chi connectivity index (χ0v) is 5.85. The third kappa shape index (κ3) is 5.03. The van der Waals surface area contributed by atoms with Gasteiger partial charge in [0.1, 0.15) is 0 Å². The maximum absolute atomic E-state index is 10.6.